The van der Waals surface area contributed by atoms with Crippen molar-refractivity contribution in [3.63, 3.8) is 0 Å². The average Bonchev–Trinajstić information content (AvgIpc) is 3.01. The molecule has 35 heavy (non-hydrogen) atoms. The lowest BCUT2D eigenvalue weighted by Gasteiger charge is -2.13. The van der Waals surface area contributed by atoms with Gasteiger partial charge >= 0.3 is 6.18 Å². The number of nitrogens with one attached hydrogen (secondary N) is 1. The van der Waals surface area contributed by atoms with Gasteiger partial charge in [-0.1, -0.05) is 48.5 Å². The van der Waals surface area contributed by atoms with Crippen molar-refractivity contribution >= 4 is 23.0 Å². The first kappa shape index (κ1) is 22.5. The van der Waals surface area contributed by atoms with E-state index in [9.17, 15) is 18.0 Å². The fourth-order valence-corrected chi connectivity index (χ4v) is 4.14. The number of anilines is 1. The van der Waals surface area contributed by atoms with E-state index in [4.69, 9.17) is 0 Å². The average molecular weight is 471 g/mol. The van der Waals surface area contributed by atoms with Crippen molar-refractivity contribution in [1.29, 1.82) is 0 Å². The van der Waals surface area contributed by atoms with Crippen molar-refractivity contribution in [1.82, 2.24) is 4.98 Å². The second-order valence-electron chi connectivity index (χ2n) is 8.34. The maximum Gasteiger partial charge on any atom is 0.416 e. The van der Waals surface area contributed by atoms with Crippen LogP contribution in [-0.4, -0.2) is 16.6 Å². The van der Waals surface area contributed by atoms with Gasteiger partial charge in [-0.25, -0.2) is 0 Å². The molecule has 0 fully saturated rings. The van der Waals surface area contributed by atoms with Crippen molar-refractivity contribution in [3.05, 3.63) is 102 Å². The van der Waals surface area contributed by atoms with E-state index in [2.05, 4.69) is 15.3 Å². The van der Waals surface area contributed by atoms with Gasteiger partial charge in [-0.05, 0) is 59.5 Å². The van der Waals surface area contributed by atoms with E-state index in [-0.39, 0.29) is 17.7 Å². The zero-order valence-corrected chi connectivity index (χ0v) is 18.7. The number of hydrogen-bond acceptors (Lipinski definition) is 3. The summed E-state index contributed by atoms with van der Waals surface area (Å²) in [5.74, 6) is -0.417. The highest BCUT2D eigenvalue weighted by Gasteiger charge is 2.34. The van der Waals surface area contributed by atoms with E-state index < -0.39 is 17.6 Å². The summed E-state index contributed by atoms with van der Waals surface area (Å²) in [7, 11) is 0. The van der Waals surface area contributed by atoms with Crippen LogP contribution in [0, 0.1) is 6.92 Å². The molecule has 4 nitrogen and oxygen atoms in total. The van der Waals surface area contributed by atoms with Gasteiger partial charge in [-0.2, -0.15) is 13.2 Å². The lowest BCUT2D eigenvalue weighted by Crippen LogP contribution is -2.15. The van der Waals surface area contributed by atoms with E-state index in [0.29, 0.717) is 11.4 Å². The molecule has 7 heteroatoms. The second kappa shape index (κ2) is 8.83. The van der Waals surface area contributed by atoms with Crippen LogP contribution in [0.2, 0.25) is 0 Å². The van der Waals surface area contributed by atoms with Crippen LogP contribution in [0.25, 0.3) is 22.4 Å². The summed E-state index contributed by atoms with van der Waals surface area (Å²) in [4.78, 5) is 21.6. The number of rotatable bonds is 3. The Hall–Kier alpha value is -4.26. The van der Waals surface area contributed by atoms with Gasteiger partial charge in [0.2, 0.25) is 5.91 Å². The predicted molar refractivity (Wildman–Crippen MR) is 131 cm³/mol. The summed E-state index contributed by atoms with van der Waals surface area (Å²) in [5, 5.41) is 2.57. The minimum Gasteiger partial charge on any atom is -0.324 e. The monoisotopic (exact) mass is 471 g/mol. The molecule has 0 saturated carbocycles. The van der Waals surface area contributed by atoms with Crippen LogP contribution in [0.15, 0.2) is 90.1 Å². The predicted octanol–water partition coefficient (Wildman–Crippen LogP) is 7.21. The molecule has 0 spiro atoms. The summed E-state index contributed by atoms with van der Waals surface area (Å²) in [6, 6.07) is 23.7. The number of pyridine rings is 1. The van der Waals surface area contributed by atoms with E-state index in [1.54, 1.807) is 6.20 Å². The third-order valence-electron chi connectivity index (χ3n) is 5.86. The van der Waals surface area contributed by atoms with Gasteiger partial charge < -0.3 is 5.32 Å². The quantitative estimate of drug-likeness (QED) is 0.343. The first-order chi connectivity index (χ1) is 16.8. The van der Waals surface area contributed by atoms with Gasteiger partial charge in [0.25, 0.3) is 0 Å². The summed E-state index contributed by atoms with van der Waals surface area (Å²) < 4.78 is 40.0. The maximum atomic E-state index is 13.3. The van der Waals surface area contributed by atoms with Crippen LogP contribution < -0.4 is 5.32 Å². The summed E-state index contributed by atoms with van der Waals surface area (Å²) in [5.41, 5.74) is 4.53. The molecular weight excluding hydrogens is 451 g/mol. The molecule has 0 saturated heterocycles. The number of carbonyl (C=O) groups is 1. The van der Waals surface area contributed by atoms with Crippen LogP contribution in [-0.2, 0) is 11.0 Å². The number of nitrogens with zero attached hydrogens (tertiary/aromatic N) is 2. The smallest absolute Gasteiger partial charge is 0.324 e. The SMILES string of the molecule is Cc1cc2c(cc1C(F)(F)F)NC(=O)CC(c1cccc(-c3ccnc(-c4ccccc4)c3)c1)=N2. The standard InChI is InChI=1S/C28H20F3N3O/c1-17-12-25-26(15-22(17)28(29,30)31)34-27(35)16-24(33-25)21-9-5-8-19(13-21)20-10-11-32-23(14-20)18-6-3-2-4-7-18/h2-15H,16H2,1H3,(H,34,35). The number of alkyl halides is 3. The highest BCUT2D eigenvalue weighted by molar-refractivity contribution is 6.17. The Labute approximate surface area is 200 Å². The highest BCUT2D eigenvalue weighted by Crippen LogP contribution is 2.39. The third kappa shape index (κ3) is 4.71. The number of halogens is 3. The minimum atomic E-state index is -4.51. The topological polar surface area (TPSA) is 54.4 Å². The van der Waals surface area contributed by atoms with Gasteiger partial charge in [-0.15, -0.1) is 0 Å². The van der Waals surface area contributed by atoms with Crippen molar-refractivity contribution in [2.24, 2.45) is 4.99 Å². The Morgan fingerprint density at radius 2 is 1.54 bits per heavy atom. The molecule has 1 amide bonds. The van der Waals surface area contributed by atoms with Gasteiger partial charge in [0.1, 0.15) is 0 Å². The van der Waals surface area contributed by atoms with Crippen molar-refractivity contribution in [3.8, 4) is 22.4 Å². The zero-order valence-electron chi connectivity index (χ0n) is 18.7. The molecule has 0 radical (unpaired) electrons. The van der Waals surface area contributed by atoms with E-state index >= 15 is 0 Å². The van der Waals surface area contributed by atoms with Crippen molar-refractivity contribution < 1.29 is 18.0 Å². The molecular formula is C28H20F3N3O. The highest BCUT2D eigenvalue weighted by atomic mass is 19.4. The summed E-state index contributed by atoms with van der Waals surface area (Å²) >= 11 is 0. The Balaban J connectivity index is 1.54. The number of amides is 1. The molecule has 3 aromatic carbocycles. The first-order valence-electron chi connectivity index (χ1n) is 11.0. The molecule has 0 atom stereocenters. The lowest BCUT2D eigenvalue weighted by molar-refractivity contribution is -0.138. The van der Waals surface area contributed by atoms with Crippen LogP contribution in [0.1, 0.15) is 23.1 Å². The van der Waals surface area contributed by atoms with E-state index in [1.165, 1.54) is 13.0 Å². The van der Waals surface area contributed by atoms with E-state index in [0.717, 1.165) is 34.0 Å². The van der Waals surface area contributed by atoms with Gasteiger partial charge in [-0.3, -0.25) is 14.8 Å². The normalized spacial score (nSPS) is 13.5. The van der Waals surface area contributed by atoms with Crippen LogP contribution >= 0.6 is 0 Å². The molecule has 0 bridgehead atoms. The third-order valence-corrected chi connectivity index (χ3v) is 5.86. The molecule has 0 aliphatic carbocycles. The zero-order chi connectivity index (χ0) is 24.6. The molecule has 0 unspecified atom stereocenters. The number of fused-ring (bicyclic) bond motifs is 1. The Kier molecular flexibility index (Phi) is 5.68. The van der Waals surface area contributed by atoms with Gasteiger partial charge in [0.15, 0.2) is 0 Å². The molecule has 1 aromatic heterocycles. The van der Waals surface area contributed by atoms with Crippen LogP contribution in [0.4, 0.5) is 24.5 Å². The summed E-state index contributed by atoms with van der Waals surface area (Å²) in [6.45, 7) is 1.39. The van der Waals surface area contributed by atoms with Gasteiger partial charge in [0, 0.05) is 11.8 Å². The molecule has 174 valence electrons. The van der Waals surface area contributed by atoms with Gasteiger partial charge in [0.05, 0.1) is 34.8 Å². The summed E-state index contributed by atoms with van der Waals surface area (Å²) in [6.07, 6.45) is -2.82. The maximum absolute atomic E-state index is 13.3. The van der Waals surface area contributed by atoms with Crippen LogP contribution in [0.3, 0.4) is 0 Å². The molecule has 4 aromatic rings. The number of aliphatic imine (C=N–C) groups is 1. The Morgan fingerprint density at radius 1 is 0.829 bits per heavy atom. The van der Waals surface area contributed by atoms with E-state index in [1.807, 2.05) is 66.7 Å². The number of aryl methyl sites for hydroxylation is 1. The number of carbonyl (C=O) groups excluding carboxylic acids is 1. The molecule has 1 aliphatic rings. The fraction of sp³-hybridized carbons (Fsp3) is 0.107. The number of benzene rings is 3. The Bertz CT molecular complexity index is 1460. The van der Waals surface area contributed by atoms with Crippen LogP contribution in [0.5, 0.6) is 0 Å². The first-order valence-corrected chi connectivity index (χ1v) is 11.0. The molecule has 1 aliphatic heterocycles. The lowest BCUT2D eigenvalue weighted by atomic mass is 9.99. The number of hydrogen-bond donors (Lipinski definition) is 1. The fourth-order valence-electron chi connectivity index (χ4n) is 4.14. The van der Waals surface area contributed by atoms with Crippen molar-refractivity contribution in [2.45, 2.75) is 19.5 Å². The number of aromatic nitrogens is 1. The molecule has 1 N–H and O–H groups in total. The molecule has 5 rings (SSSR count). The molecule has 2 heterocycles. The minimum absolute atomic E-state index is 0.0504. The Morgan fingerprint density at radius 3 is 2.31 bits per heavy atom. The largest absolute Gasteiger partial charge is 0.416 e. The van der Waals surface area contributed by atoms with Crippen molar-refractivity contribution in [2.75, 3.05) is 5.32 Å². The second-order valence-corrected chi connectivity index (χ2v) is 8.34.